The van der Waals surface area contributed by atoms with Gasteiger partial charge in [0.1, 0.15) is 4.90 Å². The second-order valence-corrected chi connectivity index (χ2v) is 8.32. The summed E-state index contributed by atoms with van der Waals surface area (Å²) in [5.41, 5.74) is -0.216. The second-order valence-electron chi connectivity index (χ2n) is 5.42. The van der Waals surface area contributed by atoms with Gasteiger partial charge in [-0.1, -0.05) is 15.9 Å². The van der Waals surface area contributed by atoms with Crippen LogP contribution in [0.25, 0.3) is 0 Å². The molecule has 2 rings (SSSR count). The van der Waals surface area contributed by atoms with Gasteiger partial charge in [0.25, 0.3) is 5.91 Å². The van der Waals surface area contributed by atoms with Crippen LogP contribution in [0.5, 0.6) is 0 Å². The number of hydrogen-bond acceptors (Lipinski definition) is 4. The zero-order valence-electron chi connectivity index (χ0n) is 12.8. The first-order chi connectivity index (χ1) is 10.2. The number of carbonyl (C=O) groups is 1. The van der Waals surface area contributed by atoms with E-state index >= 15 is 0 Å². The number of piperidine rings is 1. The Bertz CT molecular complexity index is 700. The highest BCUT2D eigenvalue weighted by Crippen LogP contribution is 2.26. The molecule has 1 saturated heterocycles. The van der Waals surface area contributed by atoms with Gasteiger partial charge >= 0.3 is 0 Å². The van der Waals surface area contributed by atoms with Gasteiger partial charge in [-0.2, -0.15) is 0 Å². The third kappa shape index (κ3) is 4.65. The zero-order chi connectivity index (χ0) is 16.5. The third-order valence-corrected chi connectivity index (χ3v) is 5.30. The van der Waals surface area contributed by atoms with E-state index in [1.54, 1.807) is 4.90 Å². The first-order valence-electron chi connectivity index (χ1n) is 6.89. The van der Waals surface area contributed by atoms with Gasteiger partial charge in [-0.3, -0.25) is 4.79 Å². The summed E-state index contributed by atoms with van der Waals surface area (Å²) in [5, 5.41) is 3.11. The summed E-state index contributed by atoms with van der Waals surface area (Å²) in [5.74, 6) is -1.47. The van der Waals surface area contributed by atoms with Crippen LogP contribution < -0.4 is 5.32 Å². The lowest BCUT2D eigenvalue weighted by atomic mass is 10.0. The Balaban J connectivity index is 0.00000264. The van der Waals surface area contributed by atoms with Crippen LogP contribution in [0.2, 0.25) is 0 Å². The van der Waals surface area contributed by atoms with E-state index in [1.807, 2.05) is 7.05 Å². The number of amides is 1. The average Bonchev–Trinajstić information content (AvgIpc) is 2.47. The molecule has 0 bridgehead atoms. The van der Waals surface area contributed by atoms with Crippen molar-refractivity contribution in [3.05, 3.63) is 28.0 Å². The molecular formula is C14H19BrClFN2O3S. The zero-order valence-corrected chi connectivity index (χ0v) is 16.0. The molecule has 1 fully saturated rings. The summed E-state index contributed by atoms with van der Waals surface area (Å²) in [7, 11) is -1.93. The van der Waals surface area contributed by atoms with E-state index in [2.05, 4.69) is 21.2 Å². The lowest BCUT2D eigenvalue weighted by Crippen LogP contribution is -2.47. The van der Waals surface area contributed by atoms with Crippen LogP contribution in [0.1, 0.15) is 23.2 Å². The van der Waals surface area contributed by atoms with Crippen LogP contribution in [0, 0.1) is 5.82 Å². The number of likely N-dealkylation sites (N-methyl/N-ethyl adjacent to an activating group) is 1. The summed E-state index contributed by atoms with van der Waals surface area (Å²) in [4.78, 5) is 13.6. The van der Waals surface area contributed by atoms with Crippen molar-refractivity contribution < 1.29 is 17.6 Å². The number of carbonyl (C=O) groups excluding carboxylic acids is 1. The van der Waals surface area contributed by atoms with E-state index < -0.39 is 26.5 Å². The van der Waals surface area contributed by atoms with Gasteiger partial charge in [-0.25, -0.2) is 12.8 Å². The van der Waals surface area contributed by atoms with Gasteiger partial charge in [0, 0.05) is 29.9 Å². The quantitative estimate of drug-likeness (QED) is 0.800. The predicted octanol–water partition coefficient (Wildman–Crippen LogP) is 2.24. The van der Waals surface area contributed by atoms with Crippen molar-refractivity contribution in [2.24, 2.45) is 0 Å². The highest BCUT2D eigenvalue weighted by Gasteiger charge is 2.28. The molecule has 130 valence electrons. The standard InChI is InChI=1S/C14H18BrFN2O3S.ClH/c1-17-10-4-3-5-18(8-10)14(19)11-6-9(15)7-12(13(11)16)22(2,20)21;/h6-7,10,17H,3-5,8H2,1-2H3;1H. The molecule has 5 nitrogen and oxygen atoms in total. The van der Waals surface area contributed by atoms with Crippen molar-refractivity contribution in [2.75, 3.05) is 26.4 Å². The molecule has 0 radical (unpaired) electrons. The van der Waals surface area contributed by atoms with Crippen molar-refractivity contribution in [3.63, 3.8) is 0 Å². The van der Waals surface area contributed by atoms with E-state index in [0.717, 1.165) is 19.1 Å². The maximum absolute atomic E-state index is 14.5. The lowest BCUT2D eigenvalue weighted by molar-refractivity contribution is 0.0692. The van der Waals surface area contributed by atoms with E-state index in [-0.39, 0.29) is 24.0 Å². The molecule has 1 aromatic carbocycles. The number of halogens is 3. The SMILES string of the molecule is CNC1CCCN(C(=O)c2cc(Br)cc(S(C)(=O)=O)c2F)C1.Cl. The molecule has 0 saturated carbocycles. The van der Waals surface area contributed by atoms with Crippen molar-refractivity contribution >= 4 is 44.1 Å². The predicted molar refractivity (Wildman–Crippen MR) is 92.4 cm³/mol. The van der Waals surface area contributed by atoms with Crippen molar-refractivity contribution in [3.8, 4) is 0 Å². The smallest absolute Gasteiger partial charge is 0.256 e. The van der Waals surface area contributed by atoms with Crippen LogP contribution in [0.3, 0.4) is 0 Å². The molecule has 1 amide bonds. The van der Waals surface area contributed by atoms with E-state index in [4.69, 9.17) is 0 Å². The fourth-order valence-corrected chi connectivity index (χ4v) is 3.94. The minimum Gasteiger partial charge on any atom is -0.337 e. The van der Waals surface area contributed by atoms with E-state index in [1.165, 1.54) is 12.1 Å². The lowest BCUT2D eigenvalue weighted by Gasteiger charge is -2.32. The number of benzene rings is 1. The number of hydrogen-bond donors (Lipinski definition) is 1. The van der Waals surface area contributed by atoms with Crippen LogP contribution in [0.15, 0.2) is 21.5 Å². The Kier molecular flexibility index (Phi) is 7.00. The first kappa shape index (κ1) is 20.3. The van der Waals surface area contributed by atoms with Crippen molar-refractivity contribution in [1.29, 1.82) is 0 Å². The molecule has 0 aromatic heterocycles. The van der Waals surface area contributed by atoms with E-state index in [0.29, 0.717) is 17.6 Å². The fraction of sp³-hybridized carbons (Fsp3) is 0.500. The largest absolute Gasteiger partial charge is 0.337 e. The molecule has 1 unspecified atom stereocenters. The Labute approximate surface area is 150 Å². The number of nitrogens with zero attached hydrogens (tertiary/aromatic N) is 1. The molecule has 23 heavy (non-hydrogen) atoms. The maximum atomic E-state index is 14.5. The van der Waals surface area contributed by atoms with Gasteiger partial charge in [-0.05, 0) is 32.0 Å². The fourth-order valence-electron chi connectivity index (χ4n) is 2.56. The van der Waals surface area contributed by atoms with Crippen molar-refractivity contribution in [2.45, 2.75) is 23.8 Å². The average molecular weight is 430 g/mol. The molecule has 1 aromatic rings. The Morgan fingerprint density at radius 2 is 2.09 bits per heavy atom. The van der Waals surface area contributed by atoms with Gasteiger partial charge in [0.2, 0.25) is 0 Å². The summed E-state index contributed by atoms with van der Waals surface area (Å²) < 4.78 is 38.2. The molecule has 1 aliphatic heterocycles. The Morgan fingerprint density at radius 1 is 1.43 bits per heavy atom. The van der Waals surface area contributed by atoms with E-state index in [9.17, 15) is 17.6 Å². The summed E-state index contributed by atoms with van der Waals surface area (Å²) in [6.07, 6.45) is 2.70. The number of sulfone groups is 1. The van der Waals surface area contributed by atoms with Crippen LogP contribution >= 0.6 is 28.3 Å². The van der Waals surface area contributed by atoms with Crippen LogP contribution in [-0.4, -0.2) is 51.7 Å². The number of likely N-dealkylation sites (tertiary alicyclic amines) is 1. The molecule has 1 aliphatic rings. The Morgan fingerprint density at radius 3 is 2.65 bits per heavy atom. The molecule has 9 heteroatoms. The molecular weight excluding hydrogens is 411 g/mol. The highest BCUT2D eigenvalue weighted by atomic mass is 79.9. The van der Waals surface area contributed by atoms with Gasteiger partial charge in [-0.15, -0.1) is 12.4 Å². The topological polar surface area (TPSA) is 66.5 Å². The Hall–Kier alpha value is -0.700. The monoisotopic (exact) mass is 428 g/mol. The normalized spacial score (nSPS) is 18.4. The van der Waals surface area contributed by atoms with Gasteiger partial charge in [0.05, 0.1) is 5.56 Å². The minimum atomic E-state index is -3.75. The van der Waals surface area contributed by atoms with Gasteiger partial charge < -0.3 is 10.2 Å². The summed E-state index contributed by atoms with van der Waals surface area (Å²) >= 11 is 3.14. The van der Waals surface area contributed by atoms with Crippen molar-refractivity contribution in [1.82, 2.24) is 10.2 Å². The van der Waals surface area contributed by atoms with Crippen LogP contribution in [0.4, 0.5) is 4.39 Å². The molecule has 1 N–H and O–H groups in total. The van der Waals surface area contributed by atoms with Gasteiger partial charge in [0.15, 0.2) is 15.7 Å². The molecule has 1 heterocycles. The second kappa shape index (κ2) is 7.92. The third-order valence-electron chi connectivity index (χ3n) is 3.75. The molecule has 0 spiro atoms. The summed E-state index contributed by atoms with van der Waals surface area (Å²) in [6, 6.07) is 2.67. The molecule has 0 aliphatic carbocycles. The van der Waals surface area contributed by atoms with Crippen LogP contribution in [-0.2, 0) is 9.84 Å². The molecule has 1 atom stereocenters. The number of rotatable bonds is 3. The summed E-state index contributed by atoms with van der Waals surface area (Å²) in [6.45, 7) is 1.02. The minimum absolute atomic E-state index is 0. The first-order valence-corrected chi connectivity index (χ1v) is 9.58. The maximum Gasteiger partial charge on any atom is 0.256 e. The highest BCUT2D eigenvalue weighted by molar-refractivity contribution is 9.10. The number of nitrogens with one attached hydrogen (secondary N) is 1.